The third kappa shape index (κ3) is 79.9. The van der Waals surface area contributed by atoms with E-state index in [-0.39, 0.29) is 64.4 Å². The Morgan fingerprint density at radius 2 is 0.333 bits per heavy atom. The Labute approximate surface area is 64.0 Å². The molecule has 0 amide bonds. The maximum absolute atomic E-state index is 0. The Bertz CT molecular complexity index is 3.90. The monoisotopic (exact) mass is 237 g/mol. The van der Waals surface area contributed by atoms with Gasteiger partial charge in [0.25, 0.3) is 0 Å². The minimum absolute atomic E-state index is 0. The summed E-state index contributed by atoms with van der Waals surface area (Å²) in [4.78, 5) is 0. The second kappa shape index (κ2) is 150. The van der Waals surface area contributed by atoms with Crippen molar-refractivity contribution >= 4 is 0 Å². The predicted octanol–water partition coefficient (Wildman–Crippen LogP) is -15.0. The molecule has 0 aliphatic heterocycles. The largest absolute Gasteiger partial charge is 1.00 e. The van der Waals surface area contributed by atoms with E-state index in [1.807, 2.05) is 0 Å². The van der Waals surface area contributed by atoms with Crippen molar-refractivity contribution in [2.75, 3.05) is 0 Å². The average Bonchev–Trinajstić information content (AvgIpc) is 0. The Balaban J connectivity index is 0. The summed E-state index contributed by atoms with van der Waals surface area (Å²) in [7, 11) is 0. The van der Waals surface area contributed by atoms with Gasteiger partial charge in [-0.15, -0.1) is 0 Å². The van der Waals surface area contributed by atoms with Gasteiger partial charge in [-0.05, 0) is 0 Å². The molecule has 6 heavy (non-hydrogen) atoms. The van der Waals surface area contributed by atoms with Crippen molar-refractivity contribution in [3.05, 3.63) is 0 Å². The number of halogens is 5. The van der Waals surface area contributed by atoms with Crippen LogP contribution < -0.4 is 23.5 Å². The van der Waals surface area contributed by atoms with Gasteiger partial charge in [-0.1, -0.05) is 0 Å². The first kappa shape index (κ1) is 252. The van der Waals surface area contributed by atoms with Crippen LogP contribution in [0.1, 0.15) is 0 Å². The smallest absolute Gasteiger partial charge is 0 e. The summed E-state index contributed by atoms with van der Waals surface area (Å²) in [5, 5.41) is 0. The Kier molecular flexibility index (Phi) is 6290. The summed E-state index contributed by atoms with van der Waals surface area (Å²) in [5.41, 5.74) is 0. The molecular weight excluding hydrogens is 239 g/mol. The molecule has 0 saturated carbocycles. The molecule has 0 aliphatic rings. The minimum Gasteiger partial charge on any atom is -1.00 e. The second-order valence-corrected chi connectivity index (χ2v) is 0. The van der Waals surface area contributed by atoms with Gasteiger partial charge in [0.1, 0.15) is 0 Å². The van der Waals surface area contributed by atoms with Crippen molar-refractivity contribution in [3.8, 4) is 0 Å². The van der Waals surface area contributed by atoms with E-state index in [1.54, 1.807) is 0 Å². The van der Waals surface area contributed by atoms with Crippen LogP contribution in [0.3, 0.4) is 0 Å². The van der Waals surface area contributed by atoms with E-state index in [1.165, 1.54) is 0 Å². The molecule has 6 heteroatoms. The molecule has 0 saturated heterocycles. The summed E-state index contributed by atoms with van der Waals surface area (Å²) in [6.07, 6.45) is 0. The van der Waals surface area contributed by atoms with Gasteiger partial charge in [-0.25, -0.2) is 0 Å². The zero-order valence-electron chi connectivity index (χ0n) is 2.39. The van der Waals surface area contributed by atoms with Gasteiger partial charge in [0.2, 0.25) is 0 Å². The SMILES string of the molecule is [F-].[F-].[F-].[F-].[F-].[Nd]. The Morgan fingerprint density at radius 3 is 0.333 bits per heavy atom. The number of hydrogen-bond acceptors (Lipinski definition) is 0. The molecule has 0 spiro atoms. The molecule has 0 N–H and O–H groups in total. The zero-order chi connectivity index (χ0) is 0. The summed E-state index contributed by atoms with van der Waals surface area (Å²) in [5.74, 6) is 0. The van der Waals surface area contributed by atoms with Crippen molar-refractivity contribution in [1.29, 1.82) is 0 Å². The van der Waals surface area contributed by atoms with E-state index in [2.05, 4.69) is 0 Å². The fraction of sp³-hybridized carbons (Fsp3) is 0. The fourth-order valence-electron chi connectivity index (χ4n) is 0. The second-order valence-electron chi connectivity index (χ2n) is 0. The summed E-state index contributed by atoms with van der Waals surface area (Å²) in [6.45, 7) is 0. The average molecular weight is 239 g/mol. The van der Waals surface area contributed by atoms with Crippen LogP contribution in [0.25, 0.3) is 0 Å². The van der Waals surface area contributed by atoms with E-state index in [4.69, 9.17) is 0 Å². The van der Waals surface area contributed by atoms with Crippen LogP contribution >= 0.6 is 0 Å². The molecule has 0 aromatic rings. The molecule has 0 fully saturated rings. The quantitative estimate of drug-likeness (QED) is 0.368. The Hall–Kier alpha value is 1.00. The van der Waals surface area contributed by atoms with Crippen molar-refractivity contribution in [2.45, 2.75) is 0 Å². The van der Waals surface area contributed by atoms with Crippen molar-refractivity contribution in [1.82, 2.24) is 0 Å². The predicted molar refractivity (Wildman–Crippen MR) is 0 cm³/mol. The van der Waals surface area contributed by atoms with Crippen molar-refractivity contribution in [2.24, 2.45) is 0 Å². The van der Waals surface area contributed by atoms with E-state index in [0.29, 0.717) is 0 Å². The van der Waals surface area contributed by atoms with Crippen LogP contribution in [0.5, 0.6) is 0 Å². The summed E-state index contributed by atoms with van der Waals surface area (Å²) >= 11 is 0. The van der Waals surface area contributed by atoms with Crippen LogP contribution in [0.4, 0.5) is 0 Å². The molecule has 0 rings (SSSR count). The molecule has 0 nitrogen and oxygen atoms in total. The van der Waals surface area contributed by atoms with E-state index in [0.717, 1.165) is 0 Å². The van der Waals surface area contributed by atoms with E-state index >= 15 is 0 Å². The molecule has 0 bridgehead atoms. The van der Waals surface area contributed by atoms with Gasteiger partial charge in [0.05, 0.1) is 0 Å². The van der Waals surface area contributed by atoms with Crippen LogP contribution in [0, 0.1) is 40.8 Å². The molecule has 44 valence electrons. The molecule has 0 aliphatic carbocycles. The number of hydrogen-bond donors (Lipinski definition) is 0. The first-order chi connectivity index (χ1) is 0. The van der Waals surface area contributed by atoms with Gasteiger partial charge in [0, 0.05) is 40.8 Å². The maximum Gasteiger partial charge on any atom is 0 e. The Morgan fingerprint density at radius 1 is 0.333 bits per heavy atom. The molecule has 0 radical (unpaired) electrons. The molecule has 0 aromatic heterocycles. The minimum atomic E-state index is 0. The fourth-order valence-corrected chi connectivity index (χ4v) is 0. The maximum atomic E-state index is 0. The number of rotatable bonds is 0. The first-order valence-electron chi connectivity index (χ1n) is 0. The van der Waals surface area contributed by atoms with Gasteiger partial charge < -0.3 is 23.5 Å². The van der Waals surface area contributed by atoms with Crippen molar-refractivity contribution < 1.29 is 64.4 Å². The summed E-state index contributed by atoms with van der Waals surface area (Å²) < 4.78 is 0. The van der Waals surface area contributed by atoms with E-state index < -0.39 is 0 Å². The zero-order valence-corrected chi connectivity index (χ0v) is 5.60. The topological polar surface area (TPSA) is 0 Å². The van der Waals surface area contributed by atoms with Gasteiger partial charge in [-0.3, -0.25) is 0 Å². The summed E-state index contributed by atoms with van der Waals surface area (Å²) in [6, 6.07) is 0. The van der Waals surface area contributed by atoms with Gasteiger partial charge in [0.15, 0.2) is 0 Å². The van der Waals surface area contributed by atoms with Crippen LogP contribution in [-0.4, -0.2) is 0 Å². The molecule has 0 aromatic carbocycles. The van der Waals surface area contributed by atoms with Crippen LogP contribution in [-0.2, 0) is 0 Å². The third-order valence-electron chi connectivity index (χ3n) is 0. The van der Waals surface area contributed by atoms with Gasteiger partial charge >= 0.3 is 0 Å². The molecule has 0 atom stereocenters. The van der Waals surface area contributed by atoms with Crippen LogP contribution in [0.2, 0.25) is 0 Å². The normalized spacial score (nSPS) is 0. The standard InChI is InChI=1S/5FH.Nd/h5*1H;/p-5. The van der Waals surface area contributed by atoms with Crippen LogP contribution in [0.15, 0.2) is 0 Å². The van der Waals surface area contributed by atoms with Crippen molar-refractivity contribution in [3.63, 3.8) is 0 Å². The van der Waals surface area contributed by atoms with Gasteiger partial charge in [-0.2, -0.15) is 0 Å². The molecule has 0 heterocycles. The third-order valence-corrected chi connectivity index (χ3v) is 0. The first-order valence-corrected chi connectivity index (χ1v) is 0. The molecule has 0 unspecified atom stereocenters. The molecular formula is F5Nd-5. The van der Waals surface area contributed by atoms with E-state index in [9.17, 15) is 0 Å².